The van der Waals surface area contributed by atoms with E-state index < -0.39 is 10.0 Å². The number of nitrogens with two attached hydrogens (primary N) is 1. The minimum Gasteiger partial charge on any atom is -0.398 e. The fourth-order valence-corrected chi connectivity index (χ4v) is 5.71. The van der Waals surface area contributed by atoms with Gasteiger partial charge in [-0.3, -0.25) is 0 Å². The van der Waals surface area contributed by atoms with Gasteiger partial charge in [-0.15, -0.1) is 0 Å². The van der Waals surface area contributed by atoms with Gasteiger partial charge >= 0.3 is 0 Å². The van der Waals surface area contributed by atoms with Gasteiger partial charge in [0, 0.05) is 12.6 Å². The molecule has 2 fully saturated rings. The van der Waals surface area contributed by atoms with Crippen molar-refractivity contribution in [1.29, 1.82) is 0 Å². The molecule has 0 bridgehead atoms. The molecule has 1 aliphatic carbocycles. The second-order valence-corrected chi connectivity index (χ2v) is 8.35. The molecule has 0 radical (unpaired) electrons. The quantitative estimate of drug-likeness (QED) is 0.847. The van der Waals surface area contributed by atoms with Crippen molar-refractivity contribution in [2.75, 3.05) is 12.3 Å². The fraction of sp³-hybridized carbons (Fsp3) is 0.600. The van der Waals surface area contributed by atoms with Gasteiger partial charge in [0.1, 0.15) is 0 Å². The molecule has 116 valence electrons. The average molecular weight is 329 g/mol. The van der Waals surface area contributed by atoms with Crippen molar-refractivity contribution in [2.45, 2.75) is 49.5 Å². The van der Waals surface area contributed by atoms with Crippen LogP contribution in [-0.4, -0.2) is 25.3 Å². The molecule has 0 aromatic heterocycles. The Balaban J connectivity index is 1.94. The Kier molecular flexibility index (Phi) is 4.17. The van der Waals surface area contributed by atoms with Crippen molar-refractivity contribution in [1.82, 2.24) is 4.31 Å². The Hall–Kier alpha value is -0.780. The van der Waals surface area contributed by atoms with Crippen LogP contribution in [0.25, 0.3) is 0 Å². The van der Waals surface area contributed by atoms with Crippen LogP contribution in [0.5, 0.6) is 0 Å². The first-order valence-electron chi connectivity index (χ1n) is 7.57. The summed E-state index contributed by atoms with van der Waals surface area (Å²) < 4.78 is 27.6. The number of halogens is 1. The van der Waals surface area contributed by atoms with E-state index in [1.165, 1.54) is 12.5 Å². The van der Waals surface area contributed by atoms with Crippen molar-refractivity contribution in [3.05, 3.63) is 23.2 Å². The molecule has 0 spiro atoms. The third kappa shape index (κ3) is 2.79. The van der Waals surface area contributed by atoms with Crippen LogP contribution < -0.4 is 5.73 Å². The molecule has 2 N–H and O–H groups in total. The van der Waals surface area contributed by atoms with E-state index in [4.69, 9.17) is 17.3 Å². The Morgan fingerprint density at radius 2 is 1.86 bits per heavy atom. The number of hydrogen-bond donors (Lipinski definition) is 1. The van der Waals surface area contributed by atoms with Crippen LogP contribution in [-0.2, 0) is 10.0 Å². The summed E-state index contributed by atoms with van der Waals surface area (Å²) in [7, 11) is -3.48. The van der Waals surface area contributed by atoms with Crippen LogP contribution in [0.1, 0.15) is 38.5 Å². The zero-order valence-corrected chi connectivity index (χ0v) is 13.5. The summed E-state index contributed by atoms with van der Waals surface area (Å²) in [6, 6.07) is 4.76. The largest absolute Gasteiger partial charge is 0.398 e. The van der Waals surface area contributed by atoms with E-state index in [1.54, 1.807) is 16.4 Å². The standard InChI is InChI=1S/C15H21ClN2O2S/c16-13-10-12(7-8-14(13)17)21(19,20)18-9-3-5-11-4-1-2-6-15(11)18/h7-8,10-11,15H,1-6,9,17H2/t11-,15-/m1/s1. The normalized spacial score (nSPS) is 27.3. The molecule has 0 amide bonds. The summed E-state index contributed by atoms with van der Waals surface area (Å²) in [6.07, 6.45) is 6.58. The van der Waals surface area contributed by atoms with Gasteiger partial charge in [-0.25, -0.2) is 8.42 Å². The number of nitrogens with zero attached hydrogens (tertiary/aromatic N) is 1. The van der Waals surface area contributed by atoms with Gasteiger partial charge in [0.15, 0.2) is 0 Å². The summed E-state index contributed by atoms with van der Waals surface area (Å²) in [5.41, 5.74) is 6.08. The number of benzene rings is 1. The number of hydrogen-bond acceptors (Lipinski definition) is 3. The summed E-state index contributed by atoms with van der Waals surface area (Å²) >= 11 is 5.99. The maximum atomic E-state index is 12.9. The van der Waals surface area contributed by atoms with Gasteiger partial charge in [-0.05, 0) is 49.8 Å². The molecular formula is C15H21ClN2O2S. The molecule has 0 unspecified atom stereocenters. The lowest BCUT2D eigenvalue weighted by molar-refractivity contribution is 0.129. The van der Waals surface area contributed by atoms with E-state index in [0.717, 1.165) is 32.1 Å². The second-order valence-electron chi connectivity index (χ2n) is 6.05. The molecule has 1 aromatic carbocycles. The van der Waals surface area contributed by atoms with Crippen molar-refractivity contribution in [2.24, 2.45) is 5.92 Å². The van der Waals surface area contributed by atoms with Crippen LogP contribution in [0.2, 0.25) is 5.02 Å². The molecule has 2 atom stereocenters. The fourth-order valence-electron chi connectivity index (χ4n) is 3.68. The highest BCUT2D eigenvalue weighted by Crippen LogP contribution is 2.38. The molecule has 21 heavy (non-hydrogen) atoms. The number of rotatable bonds is 2. The Labute approximate surface area is 131 Å². The molecule has 6 heteroatoms. The topological polar surface area (TPSA) is 63.4 Å². The van der Waals surface area contributed by atoms with E-state index in [2.05, 4.69) is 0 Å². The van der Waals surface area contributed by atoms with Crippen molar-refractivity contribution in [3.63, 3.8) is 0 Å². The second kappa shape index (κ2) is 5.78. The third-order valence-electron chi connectivity index (χ3n) is 4.77. The predicted molar refractivity (Wildman–Crippen MR) is 84.7 cm³/mol. The highest BCUT2D eigenvalue weighted by Gasteiger charge is 2.39. The molecule has 1 aromatic rings. The highest BCUT2D eigenvalue weighted by molar-refractivity contribution is 7.89. The zero-order chi connectivity index (χ0) is 15.0. The smallest absolute Gasteiger partial charge is 0.243 e. The Morgan fingerprint density at radius 3 is 2.62 bits per heavy atom. The zero-order valence-electron chi connectivity index (χ0n) is 12.0. The SMILES string of the molecule is Nc1ccc(S(=O)(=O)N2CCC[C@H]3CCCC[C@H]32)cc1Cl. The minimum atomic E-state index is -3.48. The van der Waals surface area contributed by atoms with Gasteiger partial charge in [0.05, 0.1) is 15.6 Å². The van der Waals surface area contributed by atoms with Gasteiger partial charge in [0.2, 0.25) is 10.0 Å². The van der Waals surface area contributed by atoms with Gasteiger partial charge in [0.25, 0.3) is 0 Å². The number of piperidine rings is 1. The van der Waals surface area contributed by atoms with Gasteiger partial charge in [-0.1, -0.05) is 24.4 Å². The van der Waals surface area contributed by atoms with Gasteiger partial charge in [-0.2, -0.15) is 4.31 Å². The maximum absolute atomic E-state index is 12.9. The summed E-state index contributed by atoms with van der Waals surface area (Å²) in [5.74, 6) is 0.520. The molecule has 1 saturated heterocycles. The van der Waals surface area contributed by atoms with E-state index >= 15 is 0 Å². The monoisotopic (exact) mass is 328 g/mol. The van der Waals surface area contributed by atoms with Crippen molar-refractivity contribution >= 4 is 27.3 Å². The first-order chi connectivity index (χ1) is 10.00. The third-order valence-corrected chi connectivity index (χ3v) is 7.02. The predicted octanol–water partition coefficient (Wildman–Crippen LogP) is 3.27. The molecule has 3 rings (SSSR count). The van der Waals surface area contributed by atoms with E-state index in [-0.39, 0.29) is 10.9 Å². The molecule has 1 saturated carbocycles. The Morgan fingerprint density at radius 1 is 1.14 bits per heavy atom. The van der Waals surface area contributed by atoms with Crippen LogP contribution >= 0.6 is 11.6 Å². The van der Waals surface area contributed by atoms with Crippen molar-refractivity contribution < 1.29 is 8.42 Å². The van der Waals surface area contributed by atoms with Crippen LogP contribution in [0.4, 0.5) is 5.69 Å². The molecular weight excluding hydrogens is 308 g/mol. The van der Waals surface area contributed by atoms with Crippen LogP contribution in [0.15, 0.2) is 23.1 Å². The van der Waals surface area contributed by atoms with E-state index in [1.807, 2.05) is 0 Å². The van der Waals surface area contributed by atoms with Crippen LogP contribution in [0, 0.1) is 5.92 Å². The summed E-state index contributed by atoms with van der Waals surface area (Å²) in [5, 5.41) is 0.299. The number of nitrogen functional groups attached to an aromatic ring is 1. The summed E-state index contributed by atoms with van der Waals surface area (Å²) in [6.45, 7) is 0.617. The summed E-state index contributed by atoms with van der Waals surface area (Å²) in [4.78, 5) is 0.257. The van der Waals surface area contributed by atoms with Gasteiger partial charge < -0.3 is 5.73 Å². The lowest BCUT2D eigenvalue weighted by atomic mass is 9.79. The van der Waals surface area contributed by atoms with Crippen LogP contribution in [0.3, 0.4) is 0 Å². The highest BCUT2D eigenvalue weighted by atomic mass is 35.5. The van der Waals surface area contributed by atoms with E-state index in [9.17, 15) is 8.42 Å². The molecule has 1 heterocycles. The minimum absolute atomic E-state index is 0.161. The van der Waals surface area contributed by atoms with Crippen molar-refractivity contribution in [3.8, 4) is 0 Å². The lowest BCUT2D eigenvalue weighted by Gasteiger charge is -2.43. The number of fused-ring (bicyclic) bond motifs is 1. The Bertz CT molecular complexity index is 631. The first kappa shape index (κ1) is 15.1. The lowest BCUT2D eigenvalue weighted by Crippen LogP contribution is -2.49. The number of anilines is 1. The molecule has 4 nitrogen and oxygen atoms in total. The molecule has 2 aliphatic rings. The first-order valence-corrected chi connectivity index (χ1v) is 9.39. The maximum Gasteiger partial charge on any atom is 0.243 e. The number of sulfonamides is 1. The van der Waals surface area contributed by atoms with E-state index in [0.29, 0.717) is 23.2 Å². The molecule has 1 aliphatic heterocycles. The average Bonchev–Trinajstić information content (AvgIpc) is 2.49.